The summed E-state index contributed by atoms with van der Waals surface area (Å²) in [6, 6.07) is 12.0. The normalized spacial score (nSPS) is 11.4. The van der Waals surface area contributed by atoms with Crippen molar-refractivity contribution in [1.29, 1.82) is 0 Å². The topological polar surface area (TPSA) is 96.1 Å². The van der Waals surface area contributed by atoms with Crippen molar-refractivity contribution in [3.63, 3.8) is 0 Å². The average molecular weight is 426 g/mol. The van der Waals surface area contributed by atoms with Gasteiger partial charge in [0, 0.05) is 25.1 Å². The van der Waals surface area contributed by atoms with E-state index in [1.807, 2.05) is 0 Å². The molecule has 0 bridgehead atoms. The van der Waals surface area contributed by atoms with E-state index in [4.69, 9.17) is 4.74 Å². The van der Waals surface area contributed by atoms with Crippen molar-refractivity contribution >= 4 is 28.7 Å². The van der Waals surface area contributed by atoms with Crippen LogP contribution in [-0.4, -0.2) is 34.1 Å². The number of aromatic amines is 1. The number of nitrogens with zero attached hydrogens (tertiary/aromatic N) is 1. The van der Waals surface area contributed by atoms with Crippen molar-refractivity contribution in [3.8, 4) is 0 Å². The number of hydrogen-bond donors (Lipinski definition) is 3. The molecule has 8 heteroatoms. The molecule has 0 aliphatic heterocycles. The first-order valence-electron chi connectivity index (χ1n) is 10.2. The van der Waals surface area contributed by atoms with Crippen LogP contribution in [0.5, 0.6) is 0 Å². The molecular formula is C23H27FN4O3. The number of alkyl carbamates (subject to hydrolysis) is 1. The second kappa shape index (κ2) is 9.59. The van der Waals surface area contributed by atoms with Crippen LogP contribution in [0.2, 0.25) is 0 Å². The second-order valence-electron chi connectivity index (χ2n) is 8.26. The molecule has 3 aromatic rings. The second-order valence-corrected chi connectivity index (χ2v) is 8.26. The Kier molecular flexibility index (Phi) is 6.89. The van der Waals surface area contributed by atoms with Crippen LogP contribution in [0.25, 0.3) is 11.0 Å². The first-order valence-corrected chi connectivity index (χ1v) is 10.2. The third-order valence-corrected chi connectivity index (χ3v) is 4.38. The summed E-state index contributed by atoms with van der Waals surface area (Å²) in [6.45, 7) is 5.72. The molecule has 31 heavy (non-hydrogen) atoms. The van der Waals surface area contributed by atoms with Gasteiger partial charge in [0.2, 0.25) is 5.91 Å². The molecule has 0 spiro atoms. The van der Waals surface area contributed by atoms with Gasteiger partial charge in [0.15, 0.2) is 0 Å². The highest BCUT2D eigenvalue weighted by Gasteiger charge is 2.15. The minimum atomic E-state index is -0.554. The summed E-state index contributed by atoms with van der Waals surface area (Å²) < 4.78 is 19.0. The SMILES string of the molecule is CC(C)(C)OC(=O)NCCCC(=O)Nc1ccc2nc(Cc3ccccc3F)[nH]c2c1. The fraction of sp³-hybridized carbons (Fsp3) is 0.348. The number of amides is 2. The molecular weight excluding hydrogens is 399 g/mol. The summed E-state index contributed by atoms with van der Waals surface area (Å²) in [6.07, 6.45) is 0.608. The fourth-order valence-electron chi connectivity index (χ4n) is 3.02. The van der Waals surface area contributed by atoms with E-state index in [0.717, 1.165) is 11.0 Å². The van der Waals surface area contributed by atoms with Gasteiger partial charge >= 0.3 is 6.09 Å². The Morgan fingerprint density at radius 1 is 1.16 bits per heavy atom. The molecule has 0 radical (unpaired) electrons. The Labute approximate surface area is 180 Å². The average Bonchev–Trinajstić information content (AvgIpc) is 3.07. The maximum Gasteiger partial charge on any atom is 0.407 e. The van der Waals surface area contributed by atoms with Crippen molar-refractivity contribution in [1.82, 2.24) is 15.3 Å². The zero-order chi connectivity index (χ0) is 22.4. The summed E-state index contributed by atoms with van der Waals surface area (Å²) in [5, 5.41) is 5.47. The smallest absolute Gasteiger partial charge is 0.407 e. The maximum atomic E-state index is 13.9. The van der Waals surface area contributed by atoms with Crippen molar-refractivity contribution < 1.29 is 18.7 Å². The van der Waals surface area contributed by atoms with Gasteiger partial charge in [-0.25, -0.2) is 14.2 Å². The van der Waals surface area contributed by atoms with Crippen molar-refractivity contribution in [2.45, 2.75) is 45.6 Å². The first-order chi connectivity index (χ1) is 14.7. The highest BCUT2D eigenvalue weighted by molar-refractivity contribution is 5.93. The van der Waals surface area contributed by atoms with E-state index < -0.39 is 11.7 Å². The van der Waals surface area contributed by atoms with E-state index in [1.54, 1.807) is 57.2 Å². The molecule has 1 aromatic heterocycles. The van der Waals surface area contributed by atoms with Gasteiger partial charge in [-0.1, -0.05) is 18.2 Å². The van der Waals surface area contributed by atoms with Crippen LogP contribution in [0.1, 0.15) is 45.0 Å². The van der Waals surface area contributed by atoms with Crippen LogP contribution in [0.15, 0.2) is 42.5 Å². The molecule has 0 saturated heterocycles. The van der Waals surface area contributed by atoms with Gasteiger partial charge in [-0.3, -0.25) is 4.79 Å². The number of anilines is 1. The van der Waals surface area contributed by atoms with E-state index in [-0.39, 0.29) is 18.1 Å². The van der Waals surface area contributed by atoms with E-state index in [1.165, 1.54) is 6.07 Å². The third kappa shape index (κ3) is 6.80. The number of imidazole rings is 1. The van der Waals surface area contributed by atoms with Crippen LogP contribution < -0.4 is 10.6 Å². The van der Waals surface area contributed by atoms with Crippen LogP contribution >= 0.6 is 0 Å². The van der Waals surface area contributed by atoms with E-state index >= 15 is 0 Å². The molecule has 1 heterocycles. The number of nitrogens with one attached hydrogen (secondary N) is 3. The number of ether oxygens (including phenoxy) is 1. The Balaban J connectivity index is 1.50. The van der Waals surface area contributed by atoms with Gasteiger partial charge in [-0.2, -0.15) is 0 Å². The van der Waals surface area contributed by atoms with Crippen molar-refractivity contribution in [2.75, 3.05) is 11.9 Å². The fourth-order valence-corrected chi connectivity index (χ4v) is 3.02. The standard InChI is InChI=1S/C23H27FN4O3/c1-23(2,3)31-22(30)25-12-6-9-21(29)26-16-10-11-18-19(14-16)28-20(27-18)13-15-7-4-5-8-17(15)24/h4-5,7-8,10-11,14H,6,9,12-13H2,1-3H3,(H,25,30)(H,26,29)(H,27,28). The van der Waals surface area contributed by atoms with Crippen LogP contribution in [-0.2, 0) is 16.0 Å². The van der Waals surface area contributed by atoms with E-state index in [2.05, 4.69) is 20.6 Å². The molecule has 2 aromatic carbocycles. The number of halogens is 1. The number of hydrogen-bond acceptors (Lipinski definition) is 4. The largest absolute Gasteiger partial charge is 0.444 e. The zero-order valence-electron chi connectivity index (χ0n) is 17.9. The van der Waals surface area contributed by atoms with Gasteiger partial charge in [0.1, 0.15) is 17.2 Å². The maximum absolute atomic E-state index is 13.9. The summed E-state index contributed by atoms with van der Waals surface area (Å²) in [5.74, 6) is 0.227. The lowest BCUT2D eigenvalue weighted by atomic mass is 10.1. The van der Waals surface area contributed by atoms with Crippen molar-refractivity contribution in [3.05, 3.63) is 59.7 Å². The molecule has 2 amide bonds. The Bertz CT molecular complexity index is 1070. The molecule has 7 nitrogen and oxygen atoms in total. The molecule has 0 unspecified atom stereocenters. The number of fused-ring (bicyclic) bond motifs is 1. The van der Waals surface area contributed by atoms with Gasteiger partial charge in [-0.15, -0.1) is 0 Å². The predicted molar refractivity (Wildman–Crippen MR) is 117 cm³/mol. The highest BCUT2D eigenvalue weighted by Crippen LogP contribution is 2.19. The first kappa shape index (κ1) is 22.3. The molecule has 0 saturated carbocycles. The Hall–Kier alpha value is -3.42. The molecule has 0 aliphatic rings. The number of rotatable bonds is 7. The number of carbonyl (C=O) groups excluding carboxylic acids is 2. The quantitative estimate of drug-likeness (QED) is 0.484. The Morgan fingerprint density at radius 3 is 2.68 bits per heavy atom. The number of benzene rings is 2. The van der Waals surface area contributed by atoms with Gasteiger partial charge in [0.25, 0.3) is 0 Å². The summed E-state index contributed by atoms with van der Waals surface area (Å²) >= 11 is 0. The monoisotopic (exact) mass is 426 g/mol. The molecule has 0 fully saturated rings. The lowest BCUT2D eigenvalue weighted by Crippen LogP contribution is -2.33. The van der Waals surface area contributed by atoms with E-state index in [9.17, 15) is 14.0 Å². The summed E-state index contributed by atoms with van der Waals surface area (Å²) in [7, 11) is 0. The minimum Gasteiger partial charge on any atom is -0.444 e. The van der Waals surface area contributed by atoms with Crippen LogP contribution in [0.3, 0.4) is 0 Å². The van der Waals surface area contributed by atoms with Gasteiger partial charge in [0.05, 0.1) is 11.0 Å². The minimum absolute atomic E-state index is 0.156. The lowest BCUT2D eigenvalue weighted by molar-refractivity contribution is -0.116. The number of H-pyrrole nitrogens is 1. The third-order valence-electron chi connectivity index (χ3n) is 4.38. The van der Waals surface area contributed by atoms with Crippen LogP contribution in [0, 0.1) is 5.82 Å². The number of carbonyl (C=O) groups is 2. The zero-order valence-corrected chi connectivity index (χ0v) is 17.9. The predicted octanol–water partition coefficient (Wildman–Crippen LogP) is 4.54. The van der Waals surface area contributed by atoms with Crippen molar-refractivity contribution in [2.24, 2.45) is 0 Å². The molecule has 164 valence electrons. The van der Waals surface area contributed by atoms with Gasteiger partial charge < -0.3 is 20.4 Å². The summed E-state index contributed by atoms with van der Waals surface area (Å²) in [4.78, 5) is 31.4. The Morgan fingerprint density at radius 2 is 1.94 bits per heavy atom. The number of aromatic nitrogens is 2. The summed E-state index contributed by atoms with van der Waals surface area (Å²) in [5.41, 5.74) is 2.15. The molecule has 0 aliphatic carbocycles. The molecule has 0 atom stereocenters. The molecule has 3 rings (SSSR count). The molecule has 3 N–H and O–H groups in total. The van der Waals surface area contributed by atoms with Gasteiger partial charge in [-0.05, 0) is 57.0 Å². The highest BCUT2D eigenvalue weighted by atomic mass is 19.1. The lowest BCUT2D eigenvalue weighted by Gasteiger charge is -2.19. The van der Waals surface area contributed by atoms with Crippen LogP contribution in [0.4, 0.5) is 14.9 Å². The van der Waals surface area contributed by atoms with E-state index in [0.29, 0.717) is 36.5 Å².